The molecule has 0 spiro atoms. The molecule has 170 valence electrons. The van der Waals surface area contributed by atoms with E-state index in [0.717, 1.165) is 11.9 Å². The van der Waals surface area contributed by atoms with Gasteiger partial charge in [0.15, 0.2) is 0 Å². The fraction of sp³-hybridized carbons (Fsp3) is 0.318. The van der Waals surface area contributed by atoms with E-state index in [-0.39, 0.29) is 28.7 Å². The number of nitro benzene ring substituents is 1. The minimum absolute atomic E-state index is 0.123. The van der Waals surface area contributed by atoms with Crippen LogP contribution in [0.5, 0.6) is 0 Å². The molecule has 1 heterocycles. The molecule has 0 fully saturated rings. The third kappa shape index (κ3) is 5.08. The Labute approximate surface area is 187 Å². The summed E-state index contributed by atoms with van der Waals surface area (Å²) in [5.74, 6) is 1.07. The van der Waals surface area contributed by atoms with Crippen molar-refractivity contribution in [2.45, 2.75) is 32.2 Å². The number of aromatic nitrogens is 2. The molecule has 1 N–H and O–H groups in total. The topological polar surface area (TPSA) is 110 Å². The Morgan fingerprint density at radius 2 is 1.94 bits per heavy atom. The van der Waals surface area contributed by atoms with Gasteiger partial charge in [0.25, 0.3) is 15.7 Å². The smallest absolute Gasteiger partial charge is 0.293 e. The van der Waals surface area contributed by atoms with Crippen LogP contribution in [0.3, 0.4) is 0 Å². The molecule has 9 nitrogen and oxygen atoms in total. The maximum atomic E-state index is 13.2. The van der Waals surface area contributed by atoms with E-state index in [0.29, 0.717) is 18.8 Å². The van der Waals surface area contributed by atoms with E-state index < -0.39 is 14.9 Å². The van der Waals surface area contributed by atoms with Gasteiger partial charge >= 0.3 is 0 Å². The number of aryl methyl sites for hydroxylation is 1. The molecule has 1 atom stereocenters. The molecule has 0 aliphatic carbocycles. The summed E-state index contributed by atoms with van der Waals surface area (Å²) in [6, 6.07) is 12.6. The van der Waals surface area contributed by atoms with Gasteiger partial charge in [-0.3, -0.25) is 14.4 Å². The van der Waals surface area contributed by atoms with Crippen molar-refractivity contribution in [1.82, 2.24) is 9.55 Å². The molecular formula is C22H27N5O4S. The normalized spacial score (nSPS) is 12.3. The van der Waals surface area contributed by atoms with Crippen LogP contribution in [0.2, 0.25) is 0 Å². The van der Waals surface area contributed by atoms with Gasteiger partial charge in [0.05, 0.1) is 15.5 Å². The van der Waals surface area contributed by atoms with Gasteiger partial charge in [-0.2, -0.15) is 0 Å². The Kier molecular flexibility index (Phi) is 7.14. The number of hydrogen-bond donors (Lipinski definition) is 1. The summed E-state index contributed by atoms with van der Waals surface area (Å²) in [5, 5.41) is 14.8. The van der Waals surface area contributed by atoms with Crippen molar-refractivity contribution in [3.63, 3.8) is 0 Å². The Morgan fingerprint density at radius 3 is 2.53 bits per heavy atom. The first-order chi connectivity index (χ1) is 15.2. The summed E-state index contributed by atoms with van der Waals surface area (Å²) in [7, 11) is -3.96. The Morgan fingerprint density at radius 1 is 1.22 bits per heavy atom. The number of nitrogens with zero attached hydrogens (tertiary/aromatic N) is 4. The van der Waals surface area contributed by atoms with Gasteiger partial charge in [0.1, 0.15) is 11.5 Å². The lowest BCUT2D eigenvalue weighted by molar-refractivity contribution is -0.384. The number of sulfonamides is 1. The van der Waals surface area contributed by atoms with E-state index in [9.17, 15) is 18.5 Å². The average Bonchev–Trinajstić information content (AvgIpc) is 3.17. The molecule has 3 aromatic rings. The molecule has 1 aromatic heterocycles. The van der Waals surface area contributed by atoms with Gasteiger partial charge < -0.3 is 9.88 Å². The van der Waals surface area contributed by atoms with Crippen LogP contribution in [-0.2, 0) is 16.6 Å². The molecule has 0 unspecified atom stereocenters. The summed E-state index contributed by atoms with van der Waals surface area (Å²) < 4.78 is 29.6. The molecule has 3 rings (SSSR count). The largest absolute Gasteiger partial charge is 0.379 e. The third-order valence-electron chi connectivity index (χ3n) is 5.16. The van der Waals surface area contributed by atoms with Crippen LogP contribution in [0.1, 0.15) is 19.7 Å². The third-order valence-corrected chi connectivity index (χ3v) is 7.06. The van der Waals surface area contributed by atoms with Gasteiger partial charge in [-0.1, -0.05) is 25.1 Å². The zero-order valence-electron chi connectivity index (χ0n) is 18.3. The highest BCUT2D eigenvalue weighted by molar-refractivity contribution is 7.92. The summed E-state index contributed by atoms with van der Waals surface area (Å²) >= 11 is 0. The summed E-state index contributed by atoms with van der Waals surface area (Å²) in [5.41, 5.74) is 0.510. The van der Waals surface area contributed by atoms with E-state index in [1.165, 1.54) is 16.4 Å². The molecule has 0 saturated heterocycles. The van der Waals surface area contributed by atoms with Gasteiger partial charge in [-0.25, -0.2) is 13.4 Å². The number of anilines is 2. The highest BCUT2D eigenvalue weighted by atomic mass is 32.2. The number of nitro groups is 1. The molecule has 32 heavy (non-hydrogen) atoms. The molecule has 0 bridgehead atoms. The molecule has 0 saturated carbocycles. The Balaban J connectivity index is 1.82. The minimum Gasteiger partial charge on any atom is -0.379 e. The number of para-hydroxylation sites is 1. The zero-order chi connectivity index (χ0) is 23.3. The summed E-state index contributed by atoms with van der Waals surface area (Å²) in [4.78, 5) is 15.2. The molecule has 0 aliphatic heterocycles. The quantitative estimate of drug-likeness (QED) is 0.363. The first kappa shape index (κ1) is 23.3. The second-order valence-corrected chi connectivity index (χ2v) is 9.42. The monoisotopic (exact) mass is 457 g/mol. The van der Waals surface area contributed by atoms with Crippen LogP contribution in [0.4, 0.5) is 17.1 Å². The number of hydrogen-bond acceptors (Lipinski definition) is 6. The van der Waals surface area contributed by atoms with Crippen LogP contribution in [0.25, 0.3) is 0 Å². The summed E-state index contributed by atoms with van der Waals surface area (Å²) in [6.45, 7) is 7.05. The SMILES string of the molecule is CCN(c1ccccc1)S(=O)(=O)c1ccc(NC[C@@H](C)Cn2ccnc2C)c([N+](=O)[O-])c1. The van der Waals surface area contributed by atoms with Crippen LogP contribution in [0, 0.1) is 23.0 Å². The molecular weight excluding hydrogens is 430 g/mol. The second kappa shape index (κ2) is 9.82. The number of imidazole rings is 1. The molecule has 0 amide bonds. The Bertz CT molecular complexity index is 1180. The van der Waals surface area contributed by atoms with Gasteiger partial charge in [-0.15, -0.1) is 0 Å². The van der Waals surface area contributed by atoms with Crippen molar-refractivity contribution >= 4 is 27.1 Å². The average molecular weight is 458 g/mol. The fourth-order valence-electron chi connectivity index (χ4n) is 3.47. The zero-order valence-corrected chi connectivity index (χ0v) is 19.1. The van der Waals surface area contributed by atoms with E-state index in [1.807, 2.05) is 24.6 Å². The first-order valence-corrected chi connectivity index (χ1v) is 11.8. The number of nitrogens with one attached hydrogen (secondary N) is 1. The van der Waals surface area contributed by atoms with Crippen molar-refractivity contribution < 1.29 is 13.3 Å². The molecule has 10 heteroatoms. The highest BCUT2D eigenvalue weighted by Crippen LogP contribution is 2.31. The van der Waals surface area contributed by atoms with E-state index in [2.05, 4.69) is 10.3 Å². The lowest BCUT2D eigenvalue weighted by Crippen LogP contribution is -2.30. The van der Waals surface area contributed by atoms with Gasteiger partial charge in [0, 0.05) is 38.1 Å². The van der Waals surface area contributed by atoms with E-state index in [4.69, 9.17) is 0 Å². The highest BCUT2D eigenvalue weighted by Gasteiger charge is 2.27. The predicted molar refractivity (Wildman–Crippen MR) is 124 cm³/mol. The van der Waals surface area contributed by atoms with E-state index in [1.54, 1.807) is 43.5 Å². The molecule has 0 radical (unpaired) electrons. The minimum atomic E-state index is -3.96. The van der Waals surface area contributed by atoms with Crippen molar-refractivity contribution in [3.05, 3.63) is 76.9 Å². The van der Waals surface area contributed by atoms with E-state index >= 15 is 0 Å². The summed E-state index contributed by atoms with van der Waals surface area (Å²) in [6.07, 6.45) is 3.62. The standard InChI is InChI=1S/C22H27N5O4S/c1-4-26(19-8-6-5-7-9-19)32(30,31)20-10-11-21(22(14-20)27(28)29)24-15-17(2)16-25-13-12-23-18(25)3/h5-14,17,24H,4,15-16H2,1-3H3/t17-/m1/s1. The van der Waals surface area contributed by atoms with Crippen LogP contribution < -0.4 is 9.62 Å². The maximum absolute atomic E-state index is 13.2. The number of rotatable bonds is 10. The van der Waals surface area contributed by atoms with Crippen molar-refractivity contribution in [3.8, 4) is 0 Å². The van der Waals surface area contributed by atoms with Crippen LogP contribution >= 0.6 is 0 Å². The second-order valence-electron chi connectivity index (χ2n) is 7.55. The van der Waals surface area contributed by atoms with Crippen LogP contribution in [0.15, 0.2) is 65.8 Å². The predicted octanol–water partition coefficient (Wildman–Crippen LogP) is 4.06. The fourth-order valence-corrected chi connectivity index (χ4v) is 4.96. The van der Waals surface area contributed by atoms with Crippen molar-refractivity contribution in [2.24, 2.45) is 5.92 Å². The first-order valence-electron chi connectivity index (χ1n) is 10.3. The lowest BCUT2D eigenvalue weighted by Gasteiger charge is -2.23. The van der Waals surface area contributed by atoms with Crippen molar-refractivity contribution in [2.75, 3.05) is 22.7 Å². The molecule has 2 aromatic carbocycles. The lowest BCUT2D eigenvalue weighted by atomic mass is 10.1. The molecule has 0 aliphatic rings. The Hall–Kier alpha value is -3.40. The van der Waals surface area contributed by atoms with Crippen LogP contribution in [-0.4, -0.2) is 36.0 Å². The van der Waals surface area contributed by atoms with Crippen molar-refractivity contribution in [1.29, 1.82) is 0 Å². The number of benzene rings is 2. The van der Waals surface area contributed by atoms with Gasteiger partial charge in [0.2, 0.25) is 0 Å². The van der Waals surface area contributed by atoms with Gasteiger partial charge in [-0.05, 0) is 44.0 Å². The maximum Gasteiger partial charge on any atom is 0.293 e.